The third-order valence-corrected chi connectivity index (χ3v) is 3.88. The first kappa shape index (κ1) is 20.2. The van der Waals surface area contributed by atoms with Crippen LogP contribution in [0, 0.1) is 0 Å². The minimum Gasteiger partial charge on any atom is -0.384 e. The first-order valence-corrected chi connectivity index (χ1v) is 8.32. The van der Waals surface area contributed by atoms with Gasteiger partial charge in [0, 0.05) is 12.1 Å². The zero-order chi connectivity index (χ0) is 14.6. The van der Waals surface area contributed by atoms with E-state index in [2.05, 4.69) is 23.8 Å². The van der Waals surface area contributed by atoms with Crippen LogP contribution < -0.4 is 5.73 Å². The smallest absolute Gasteiger partial charge is 0.133 e. The third kappa shape index (κ3) is 9.67. The Morgan fingerprint density at radius 3 is 2.14 bits per heavy atom. The van der Waals surface area contributed by atoms with Crippen LogP contribution >= 0.6 is 12.4 Å². The second-order valence-electron chi connectivity index (χ2n) is 5.86. The summed E-state index contributed by atoms with van der Waals surface area (Å²) in [5.74, 6) is 1.89. The van der Waals surface area contributed by atoms with Gasteiger partial charge in [-0.25, -0.2) is 9.97 Å². The molecule has 0 saturated heterocycles. The van der Waals surface area contributed by atoms with Crippen LogP contribution in [0.1, 0.15) is 89.8 Å². The zero-order valence-corrected chi connectivity index (χ0v) is 14.5. The molecule has 0 fully saturated rings. The van der Waals surface area contributed by atoms with E-state index >= 15 is 0 Å². The fourth-order valence-corrected chi connectivity index (χ4v) is 2.52. The molecule has 122 valence electrons. The summed E-state index contributed by atoms with van der Waals surface area (Å²) in [5.41, 5.74) is 5.69. The summed E-state index contributed by atoms with van der Waals surface area (Å²) < 4.78 is 0. The van der Waals surface area contributed by atoms with E-state index in [9.17, 15) is 0 Å². The molecule has 1 unspecified atom stereocenters. The lowest BCUT2D eigenvalue weighted by atomic mass is 10.0. The number of rotatable bonds is 11. The largest absolute Gasteiger partial charge is 0.384 e. The van der Waals surface area contributed by atoms with Gasteiger partial charge >= 0.3 is 0 Å². The zero-order valence-electron chi connectivity index (χ0n) is 13.7. The van der Waals surface area contributed by atoms with Gasteiger partial charge in [0.15, 0.2) is 0 Å². The third-order valence-electron chi connectivity index (χ3n) is 3.88. The van der Waals surface area contributed by atoms with Crippen molar-refractivity contribution in [2.75, 3.05) is 5.73 Å². The Morgan fingerprint density at radius 1 is 1.00 bits per heavy atom. The van der Waals surface area contributed by atoms with Crippen molar-refractivity contribution < 1.29 is 0 Å². The van der Waals surface area contributed by atoms with Crippen LogP contribution in [0.4, 0.5) is 5.82 Å². The summed E-state index contributed by atoms with van der Waals surface area (Å²) in [6.45, 7) is 4.46. The molecule has 0 saturated carbocycles. The summed E-state index contributed by atoms with van der Waals surface area (Å²) in [7, 11) is 0. The minimum absolute atomic E-state index is 0. The molecule has 0 aromatic carbocycles. The molecular formula is C17H32ClN3. The molecule has 0 aliphatic rings. The van der Waals surface area contributed by atoms with Gasteiger partial charge in [0.25, 0.3) is 0 Å². The second-order valence-corrected chi connectivity index (χ2v) is 5.86. The van der Waals surface area contributed by atoms with Gasteiger partial charge in [-0.05, 0) is 12.5 Å². The fourth-order valence-electron chi connectivity index (χ4n) is 2.52. The van der Waals surface area contributed by atoms with Crippen LogP contribution in [0.25, 0.3) is 0 Å². The molecule has 1 atom stereocenters. The molecule has 4 heteroatoms. The van der Waals surface area contributed by atoms with E-state index in [4.69, 9.17) is 5.73 Å². The predicted molar refractivity (Wildman–Crippen MR) is 94.0 cm³/mol. The van der Waals surface area contributed by atoms with Crippen molar-refractivity contribution >= 4 is 18.2 Å². The maximum atomic E-state index is 5.69. The van der Waals surface area contributed by atoms with Gasteiger partial charge in [0.05, 0.1) is 0 Å². The van der Waals surface area contributed by atoms with Crippen molar-refractivity contribution in [1.29, 1.82) is 0 Å². The Morgan fingerprint density at radius 2 is 1.57 bits per heavy atom. The first-order chi connectivity index (χ1) is 9.74. The average Bonchev–Trinajstić information content (AvgIpc) is 2.45. The highest BCUT2D eigenvalue weighted by atomic mass is 35.5. The first-order valence-electron chi connectivity index (χ1n) is 8.32. The van der Waals surface area contributed by atoms with Gasteiger partial charge in [-0.15, -0.1) is 12.4 Å². The molecule has 0 bridgehead atoms. The molecular weight excluding hydrogens is 282 g/mol. The van der Waals surface area contributed by atoms with E-state index in [1.165, 1.54) is 64.2 Å². The van der Waals surface area contributed by atoms with E-state index in [0.717, 1.165) is 5.82 Å². The van der Waals surface area contributed by atoms with Crippen LogP contribution in [-0.2, 0) is 0 Å². The standard InChI is InChI=1S/C17H31N3.ClH/c1-3-4-5-6-7-8-9-10-11-12-15(2)17-19-14-13-16(18)20-17;/h13-15H,3-12H2,1-2H3,(H2,18,19,20);1H. The summed E-state index contributed by atoms with van der Waals surface area (Å²) in [6.07, 6.45) is 15.3. The normalized spacial score (nSPS) is 11.9. The van der Waals surface area contributed by atoms with Crippen molar-refractivity contribution in [2.45, 2.75) is 84.0 Å². The van der Waals surface area contributed by atoms with Crippen molar-refractivity contribution in [3.8, 4) is 0 Å². The lowest BCUT2D eigenvalue weighted by Crippen LogP contribution is -2.03. The van der Waals surface area contributed by atoms with Crippen molar-refractivity contribution in [3.63, 3.8) is 0 Å². The summed E-state index contributed by atoms with van der Waals surface area (Å²) >= 11 is 0. The van der Waals surface area contributed by atoms with E-state index in [1.54, 1.807) is 12.3 Å². The monoisotopic (exact) mass is 313 g/mol. The molecule has 0 aliphatic heterocycles. The van der Waals surface area contributed by atoms with E-state index < -0.39 is 0 Å². The van der Waals surface area contributed by atoms with Crippen LogP contribution in [0.5, 0.6) is 0 Å². The highest BCUT2D eigenvalue weighted by Crippen LogP contribution is 2.19. The van der Waals surface area contributed by atoms with Gasteiger partial charge in [0.1, 0.15) is 11.6 Å². The Kier molecular flexibility index (Phi) is 12.4. The Hall–Kier alpha value is -0.830. The lowest BCUT2D eigenvalue weighted by Gasteiger charge is -2.10. The van der Waals surface area contributed by atoms with E-state index in [0.29, 0.717) is 11.7 Å². The highest BCUT2D eigenvalue weighted by molar-refractivity contribution is 5.85. The number of anilines is 1. The van der Waals surface area contributed by atoms with Gasteiger partial charge in [0.2, 0.25) is 0 Å². The maximum Gasteiger partial charge on any atom is 0.133 e. The molecule has 0 radical (unpaired) electrons. The molecule has 1 rings (SSSR count). The number of unbranched alkanes of at least 4 members (excludes halogenated alkanes) is 8. The van der Waals surface area contributed by atoms with Crippen LogP contribution in [0.2, 0.25) is 0 Å². The number of nitrogen functional groups attached to an aromatic ring is 1. The lowest BCUT2D eigenvalue weighted by molar-refractivity contribution is 0.531. The van der Waals surface area contributed by atoms with Crippen LogP contribution in [0.15, 0.2) is 12.3 Å². The molecule has 0 aliphatic carbocycles. The summed E-state index contributed by atoms with van der Waals surface area (Å²) in [6, 6.07) is 1.74. The molecule has 1 heterocycles. The van der Waals surface area contributed by atoms with Gasteiger partial charge in [-0.3, -0.25) is 0 Å². The van der Waals surface area contributed by atoms with Crippen LogP contribution in [-0.4, -0.2) is 9.97 Å². The summed E-state index contributed by atoms with van der Waals surface area (Å²) in [4.78, 5) is 8.60. The Balaban J connectivity index is 0.00000400. The predicted octanol–water partition coefficient (Wildman–Crippen LogP) is 5.51. The molecule has 0 spiro atoms. The van der Waals surface area contributed by atoms with Gasteiger partial charge in [-0.2, -0.15) is 0 Å². The van der Waals surface area contributed by atoms with E-state index in [1.807, 2.05) is 0 Å². The molecule has 3 nitrogen and oxygen atoms in total. The fraction of sp³-hybridized carbons (Fsp3) is 0.765. The minimum atomic E-state index is 0. The van der Waals surface area contributed by atoms with Gasteiger partial charge < -0.3 is 5.73 Å². The molecule has 2 N–H and O–H groups in total. The second kappa shape index (κ2) is 12.9. The topological polar surface area (TPSA) is 51.8 Å². The molecule has 1 aromatic heterocycles. The number of halogens is 1. The number of nitrogens with two attached hydrogens (primary N) is 1. The Bertz CT molecular complexity index is 358. The van der Waals surface area contributed by atoms with Crippen molar-refractivity contribution in [1.82, 2.24) is 9.97 Å². The number of aromatic nitrogens is 2. The number of hydrogen-bond donors (Lipinski definition) is 1. The molecule has 21 heavy (non-hydrogen) atoms. The van der Waals surface area contributed by atoms with Gasteiger partial charge in [-0.1, -0.05) is 71.6 Å². The molecule has 0 amide bonds. The number of hydrogen-bond acceptors (Lipinski definition) is 3. The van der Waals surface area contributed by atoms with E-state index in [-0.39, 0.29) is 12.4 Å². The van der Waals surface area contributed by atoms with Crippen LogP contribution in [0.3, 0.4) is 0 Å². The van der Waals surface area contributed by atoms with Crippen molar-refractivity contribution in [2.24, 2.45) is 0 Å². The Labute approximate surface area is 136 Å². The number of nitrogens with zero attached hydrogens (tertiary/aromatic N) is 2. The quantitative estimate of drug-likeness (QED) is 0.548. The molecule has 1 aromatic rings. The average molecular weight is 314 g/mol. The highest BCUT2D eigenvalue weighted by Gasteiger charge is 2.08. The SMILES string of the molecule is CCCCCCCCCCCC(C)c1nccc(N)n1.Cl. The van der Waals surface area contributed by atoms with Crippen molar-refractivity contribution in [3.05, 3.63) is 18.1 Å². The maximum absolute atomic E-state index is 5.69. The summed E-state index contributed by atoms with van der Waals surface area (Å²) in [5, 5.41) is 0.